The monoisotopic (exact) mass is 498 g/mol. The standard InChI is InChI=1S/C28H38N2O6/c1-5-21-12-19-13-27(36-10-6-9-33-2)26(34-3)14-22(19)24-15-25(31)20(17-30(21)24)11-18-7-8-29-16-23(18)28(32)35-4/h13-15,17-18,21,23,29H,5-12,16H2,1-4H3. The van der Waals surface area contributed by atoms with Gasteiger partial charge in [0.2, 0.25) is 0 Å². The predicted octanol–water partition coefficient (Wildman–Crippen LogP) is 3.39. The molecule has 3 atom stereocenters. The molecule has 3 heterocycles. The molecule has 0 aliphatic carbocycles. The SMILES string of the molecule is CCC1Cc2cc(OCCCOC)c(OC)cc2-c2cc(=O)c(CC3CCNCC3C(=O)OC)cn21. The molecule has 1 fully saturated rings. The maximum absolute atomic E-state index is 13.3. The Morgan fingerprint density at radius 1 is 1.14 bits per heavy atom. The summed E-state index contributed by atoms with van der Waals surface area (Å²) in [6.07, 6.45) is 6.00. The molecule has 1 N–H and O–H groups in total. The zero-order valence-corrected chi connectivity index (χ0v) is 21.8. The molecule has 2 aliphatic heterocycles. The summed E-state index contributed by atoms with van der Waals surface area (Å²) < 4.78 is 24.0. The van der Waals surface area contributed by atoms with Crippen molar-refractivity contribution in [2.75, 3.05) is 47.6 Å². The fourth-order valence-electron chi connectivity index (χ4n) is 5.49. The lowest BCUT2D eigenvalue weighted by atomic mass is 9.82. The summed E-state index contributed by atoms with van der Waals surface area (Å²) in [5, 5.41) is 3.28. The molecular weight excluding hydrogens is 460 g/mol. The van der Waals surface area contributed by atoms with E-state index in [1.54, 1.807) is 20.3 Å². The van der Waals surface area contributed by atoms with Gasteiger partial charge in [0, 0.05) is 56.1 Å². The van der Waals surface area contributed by atoms with Crippen LogP contribution in [0, 0.1) is 11.8 Å². The third kappa shape index (κ3) is 5.44. The number of fused-ring (bicyclic) bond motifs is 3. The van der Waals surface area contributed by atoms with Crippen molar-refractivity contribution in [1.29, 1.82) is 0 Å². The number of nitrogens with zero attached hydrogens (tertiary/aromatic N) is 1. The minimum Gasteiger partial charge on any atom is -0.493 e. The normalized spacial score (nSPS) is 20.8. The van der Waals surface area contributed by atoms with Gasteiger partial charge in [0.15, 0.2) is 16.9 Å². The Balaban J connectivity index is 1.67. The van der Waals surface area contributed by atoms with Gasteiger partial charge in [0.1, 0.15) is 0 Å². The molecule has 8 heteroatoms. The topological polar surface area (TPSA) is 88.0 Å². The van der Waals surface area contributed by atoms with Gasteiger partial charge in [-0.3, -0.25) is 9.59 Å². The minimum atomic E-state index is -0.238. The van der Waals surface area contributed by atoms with E-state index in [4.69, 9.17) is 18.9 Å². The molecule has 0 radical (unpaired) electrons. The van der Waals surface area contributed by atoms with Gasteiger partial charge in [-0.15, -0.1) is 0 Å². The molecule has 196 valence electrons. The molecule has 8 nitrogen and oxygen atoms in total. The number of esters is 1. The molecule has 36 heavy (non-hydrogen) atoms. The van der Waals surface area contributed by atoms with Crippen molar-refractivity contribution in [3.8, 4) is 22.8 Å². The third-order valence-corrected chi connectivity index (χ3v) is 7.50. The molecule has 1 aromatic carbocycles. The summed E-state index contributed by atoms with van der Waals surface area (Å²) in [6, 6.07) is 6.02. The van der Waals surface area contributed by atoms with Gasteiger partial charge < -0.3 is 28.8 Å². The summed E-state index contributed by atoms with van der Waals surface area (Å²) in [5.74, 6) is 1.00. The highest BCUT2D eigenvalue weighted by molar-refractivity contribution is 5.73. The van der Waals surface area contributed by atoms with Gasteiger partial charge in [0.25, 0.3) is 0 Å². The number of nitrogens with one attached hydrogen (secondary N) is 1. The molecule has 0 spiro atoms. The predicted molar refractivity (Wildman–Crippen MR) is 138 cm³/mol. The zero-order valence-electron chi connectivity index (χ0n) is 21.8. The van der Waals surface area contributed by atoms with Crippen molar-refractivity contribution < 1.29 is 23.7 Å². The van der Waals surface area contributed by atoms with Crippen LogP contribution in [0.25, 0.3) is 11.3 Å². The summed E-state index contributed by atoms with van der Waals surface area (Å²) in [4.78, 5) is 25.7. The van der Waals surface area contributed by atoms with Crippen molar-refractivity contribution in [3.05, 3.63) is 45.7 Å². The molecule has 0 amide bonds. The van der Waals surface area contributed by atoms with Gasteiger partial charge >= 0.3 is 5.97 Å². The highest BCUT2D eigenvalue weighted by atomic mass is 16.5. The average Bonchev–Trinajstić information content (AvgIpc) is 2.90. The smallest absolute Gasteiger partial charge is 0.310 e. The first kappa shape index (κ1) is 26.2. The lowest BCUT2D eigenvalue weighted by Gasteiger charge is -2.33. The fourth-order valence-corrected chi connectivity index (χ4v) is 5.49. The highest BCUT2D eigenvalue weighted by Gasteiger charge is 2.33. The largest absolute Gasteiger partial charge is 0.493 e. The number of ether oxygens (including phenoxy) is 4. The minimum absolute atomic E-state index is 0.00459. The first-order valence-corrected chi connectivity index (χ1v) is 12.9. The van der Waals surface area contributed by atoms with E-state index in [1.807, 2.05) is 12.3 Å². The van der Waals surface area contributed by atoms with E-state index in [0.717, 1.165) is 60.4 Å². The van der Waals surface area contributed by atoms with Crippen molar-refractivity contribution in [1.82, 2.24) is 9.88 Å². The van der Waals surface area contributed by atoms with Crippen molar-refractivity contribution in [3.63, 3.8) is 0 Å². The van der Waals surface area contributed by atoms with Crippen LogP contribution in [0.3, 0.4) is 0 Å². The van der Waals surface area contributed by atoms with Crippen LogP contribution in [-0.4, -0.2) is 58.2 Å². The summed E-state index contributed by atoms with van der Waals surface area (Å²) in [6.45, 7) is 4.78. The number of hydrogen-bond acceptors (Lipinski definition) is 7. The molecule has 1 aromatic heterocycles. The molecule has 2 aromatic rings. The summed E-state index contributed by atoms with van der Waals surface area (Å²) in [7, 11) is 4.74. The summed E-state index contributed by atoms with van der Waals surface area (Å²) >= 11 is 0. The number of hydrogen-bond donors (Lipinski definition) is 1. The third-order valence-electron chi connectivity index (χ3n) is 7.50. The Morgan fingerprint density at radius 3 is 2.69 bits per heavy atom. The van der Waals surface area contributed by atoms with E-state index >= 15 is 0 Å². The van der Waals surface area contributed by atoms with E-state index in [0.29, 0.717) is 31.9 Å². The first-order valence-electron chi connectivity index (χ1n) is 12.9. The van der Waals surface area contributed by atoms with Crippen molar-refractivity contribution >= 4 is 5.97 Å². The zero-order chi connectivity index (χ0) is 25.7. The van der Waals surface area contributed by atoms with Crippen LogP contribution in [0.4, 0.5) is 0 Å². The van der Waals surface area contributed by atoms with Crippen LogP contribution in [0.5, 0.6) is 11.5 Å². The van der Waals surface area contributed by atoms with E-state index < -0.39 is 0 Å². The van der Waals surface area contributed by atoms with Crippen LogP contribution in [0.15, 0.2) is 29.2 Å². The number of methoxy groups -OCH3 is 3. The summed E-state index contributed by atoms with van der Waals surface area (Å²) in [5.41, 5.74) is 3.81. The molecule has 1 saturated heterocycles. The van der Waals surface area contributed by atoms with Crippen LogP contribution in [-0.2, 0) is 27.1 Å². The number of carbonyl (C=O) groups is 1. The molecular formula is C28H38N2O6. The molecule has 0 saturated carbocycles. The Morgan fingerprint density at radius 2 is 1.97 bits per heavy atom. The van der Waals surface area contributed by atoms with Crippen LogP contribution in [0.1, 0.15) is 43.4 Å². The van der Waals surface area contributed by atoms with E-state index in [1.165, 1.54) is 7.11 Å². The number of piperidine rings is 1. The van der Waals surface area contributed by atoms with Crippen molar-refractivity contribution in [2.24, 2.45) is 11.8 Å². The van der Waals surface area contributed by atoms with Gasteiger partial charge in [0.05, 0.1) is 32.4 Å². The lowest BCUT2D eigenvalue weighted by Crippen LogP contribution is -2.42. The first-order chi connectivity index (χ1) is 17.5. The van der Waals surface area contributed by atoms with E-state index in [-0.39, 0.29) is 29.3 Å². The van der Waals surface area contributed by atoms with Crippen LogP contribution < -0.4 is 20.2 Å². The van der Waals surface area contributed by atoms with Gasteiger partial charge in [-0.25, -0.2) is 0 Å². The second kappa shape index (κ2) is 11.9. The quantitative estimate of drug-likeness (QED) is 0.397. The number of carbonyl (C=O) groups excluding carboxylic acids is 1. The molecule has 3 unspecified atom stereocenters. The molecule has 4 rings (SSSR count). The lowest BCUT2D eigenvalue weighted by molar-refractivity contribution is -0.148. The Kier molecular flexibility index (Phi) is 8.69. The number of benzene rings is 1. The van der Waals surface area contributed by atoms with Gasteiger partial charge in [-0.05, 0) is 55.8 Å². The second-order valence-corrected chi connectivity index (χ2v) is 9.66. The van der Waals surface area contributed by atoms with E-state index in [2.05, 4.69) is 22.9 Å². The van der Waals surface area contributed by atoms with Crippen LogP contribution in [0.2, 0.25) is 0 Å². The molecule has 0 bridgehead atoms. The van der Waals surface area contributed by atoms with Crippen LogP contribution >= 0.6 is 0 Å². The Hall–Kier alpha value is -2.84. The Labute approximate surface area is 212 Å². The fraction of sp³-hybridized carbons (Fsp3) is 0.571. The number of pyridine rings is 1. The maximum Gasteiger partial charge on any atom is 0.310 e. The van der Waals surface area contributed by atoms with Crippen molar-refractivity contribution in [2.45, 2.75) is 45.1 Å². The van der Waals surface area contributed by atoms with E-state index in [9.17, 15) is 9.59 Å². The average molecular weight is 499 g/mol. The Bertz CT molecular complexity index is 1130. The number of aromatic nitrogens is 1. The number of rotatable bonds is 10. The second-order valence-electron chi connectivity index (χ2n) is 9.66. The van der Waals surface area contributed by atoms with Gasteiger partial charge in [-0.2, -0.15) is 0 Å². The van der Waals surface area contributed by atoms with Gasteiger partial charge in [-0.1, -0.05) is 6.92 Å². The molecule has 2 aliphatic rings. The maximum atomic E-state index is 13.3. The highest BCUT2D eigenvalue weighted by Crippen LogP contribution is 2.42.